The Balaban J connectivity index is 1.73. The van der Waals surface area contributed by atoms with Gasteiger partial charge in [-0.25, -0.2) is 0 Å². The number of nitrogens with zero attached hydrogens (tertiary/aromatic N) is 3. The first-order valence-electron chi connectivity index (χ1n) is 8.46. The second-order valence-electron chi connectivity index (χ2n) is 7.39. The molecule has 2 heterocycles. The van der Waals surface area contributed by atoms with E-state index in [-0.39, 0.29) is 17.4 Å². The van der Waals surface area contributed by atoms with E-state index in [0.717, 1.165) is 24.3 Å². The summed E-state index contributed by atoms with van der Waals surface area (Å²) in [5.74, 6) is 1.33. The van der Waals surface area contributed by atoms with Crippen LogP contribution in [-0.4, -0.2) is 22.6 Å². The van der Waals surface area contributed by atoms with Crippen molar-refractivity contribution in [1.29, 1.82) is 0 Å². The Morgan fingerprint density at radius 1 is 1.36 bits per heavy atom. The van der Waals surface area contributed by atoms with Crippen LogP contribution >= 0.6 is 11.6 Å². The molecule has 25 heavy (non-hydrogen) atoms. The summed E-state index contributed by atoms with van der Waals surface area (Å²) >= 11 is 6.38. The first kappa shape index (κ1) is 17.7. The number of hydrogen-bond acceptors (Lipinski definition) is 5. The number of amides is 1. The molecule has 3 rings (SSSR count). The zero-order valence-corrected chi connectivity index (χ0v) is 15.7. The molecular formula is C18H23ClN4O2. The average molecular weight is 363 g/mol. The van der Waals surface area contributed by atoms with Gasteiger partial charge >= 0.3 is 0 Å². The van der Waals surface area contributed by atoms with Gasteiger partial charge in [0.15, 0.2) is 5.82 Å². The molecule has 1 atom stereocenters. The van der Waals surface area contributed by atoms with E-state index in [1.54, 1.807) is 4.90 Å². The highest BCUT2D eigenvalue weighted by atomic mass is 35.5. The largest absolute Gasteiger partial charge is 0.374 e. The van der Waals surface area contributed by atoms with Gasteiger partial charge in [-0.2, -0.15) is 4.98 Å². The Kier molecular flexibility index (Phi) is 4.73. The summed E-state index contributed by atoms with van der Waals surface area (Å²) in [6.07, 6.45) is 1.46. The third-order valence-electron chi connectivity index (χ3n) is 4.18. The molecule has 134 valence electrons. The van der Waals surface area contributed by atoms with E-state index in [2.05, 4.69) is 15.5 Å². The Bertz CT molecular complexity index is 782. The monoisotopic (exact) mass is 362 g/mol. The standard InChI is InChI=1S/C18H23ClN4O2/c1-11(16-21-17(22-25-16)18(2,3)4)20-12-7-8-14(13(19)10-12)23-9-5-6-15(23)24/h7-8,10-11,20H,5-6,9H2,1-4H3. The number of carbonyl (C=O) groups excluding carboxylic acids is 1. The molecule has 1 saturated heterocycles. The molecule has 2 aromatic rings. The second kappa shape index (κ2) is 6.67. The molecule has 0 saturated carbocycles. The van der Waals surface area contributed by atoms with E-state index in [1.165, 1.54) is 0 Å². The minimum Gasteiger partial charge on any atom is -0.374 e. The van der Waals surface area contributed by atoms with Crippen molar-refractivity contribution in [2.24, 2.45) is 0 Å². The summed E-state index contributed by atoms with van der Waals surface area (Å²) in [6.45, 7) is 8.79. The maximum atomic E-state index is 11.9. The van der Waals surface area contributed by atoms with Crippen molar-refractivity contribution in [3.63, 3.8) is 0 Å². The number of rotatable bonds is 4. The lowest BCUT2D eigenvalue weighted by atomic mass is 9.96. The first-order chi connectivity index (χ1) is 11.8. The Morgan fingerprint density at radius 2 is 2.12 bits per heavy atom. The van der Waals surface area contributed by atoms with E-state index in [0.29, 0.717) is 23.2 Å². The minimum absolute atomic E-state index is 0.122. The molecule has 7 heteroatoms. The molecule has 1 N–H and O–H groups in total. The third kappa shape index (κ3) is 3.79. The summed E-state index contributed by atoms with van der Waals surface area (Å²) in [5, 5.41) is 7.90. The van der Waals surface area contributed by atoms with E-state index in [1.807, 2.05) is 45.9 Å². The lowest BCUT2D eigenvalue weighted by Gasteiger charge is -2.19. The molecule has 0 aliphatic carbocycles. The maximum Gasteiger partial charge on any atom is 0.248 e. The van der Waals surface area contributed by atoms with Gasteiger partial charge in [-0.1, -0.05) is 37.5 Å². The molecule has 0 spiro atoms. The molecule has 1 fully saturated rings. The van der Waals surface area contributed by atoms with Crippen LogP contribution in [0.3, 0.4) is 0 Å². The Labute approximate surface area is 152 Å². The second-order valence-corrected chi connectivity index (χ2v) is 7.79. The van der Waals surface area contributed by atoms with Gasteiger partial charge in [0.1, 0.15) is 6.04 Å². The number of carbonyl (C=O) groups is 1. The zero-order valence-electron chi connectivity index (χ0n) is 15.0. The molecule has 6 nitrogen and oxygen atoms in total. The van der Waals surface area contributed by atoms with Crippen molar-refractivity contribution in [3.05, 3.63) is 34.9 Å². The van der Waals surface area contributed by atoms with E-state index in [4.69, 9.17) is 16.1 Å². The molecule has 1 aromatic heterocycles. The van der Waals surface area contributed by atoms with Crippen molar-refractivity contribution >= 4 is 28.9 Å². The molecule has 1 aromatic carbocycles. The smallest absolute Gasteiger partial charge is 0.248 e. The fourth-order valence-electron chi connectivity index (χ4n) is 2.75. The summed E-state index contributed by atoms with van der Waals surface area (Å²) in [4.78, 5) is 18.1. The van der Waals surface area contributed by atoms with Crippen molar-refractivity contribution in [1.82, 2.24) is 10.1 Å². The van der Waals surface area contributed by atoms with Crippen LogP contribution in [-0.2, 0) is 10.2 Å². The van der Waals surface area contributed by atoms with E-state index in [9.17, 15) is 4.79 Å². The number of halogens is 1. The summed E-state index contributed by atoms with van der Waals surface area (Å²) in [6, 6.07) is 5.44. The van der Waals surface area contributed by atoms with Gasteiger partial charge in [0.2, 0.25) is 11.8 Å². The summed E-state index contributed by atoms with van der Waals surface area (Å²) < 4.78 is 5.36. The number of nitrogens with one attached hydrogen (secondary N) is 1. The Hall–Kier alpha value is -2.08. The molecule has 1 aliphatic rings. The topological polar surface area (TPSA) is 71.3 Å². The van der Waals surface area contributed by atoms with E-state index >= 15 is 0 Å². The van der Waals surface area contributed by atoms with Gasteiger partial charge in [-0.15, -0.1) is 0 Å². The highest BCUT2D eigenvalue weighted by molar-refractivity contribution is 6.34. The van der Waals surface area contributed by atoms with Crippen molar-refractivity contribution < 1.29 is 9.32 Å². The Morgan fingerprint density at radius 3 is 2.68 bits per heavy atom. The fourth-order valence-corrected chi connectivity index (χ4v) is 3.03. The zero-order chi connectivity index (χ0) is 18.2. The van der Waals surface area contributed by atoms with Gasteiger partial charge in [-0.3, -0.25) is 4.79 Å². The summed E-state index contributed by atoms with van der Waals surface area (Å²) in [7, 11) is 0. The predicted molar refractivity (Wildman–Crippen MR) is 98.1 cm³/mol. The number of anilines is 2. The fraction of sp³-hybridized carbons (Fsp3) is 0.500. The quantitative estimate of drug-likeness (QED) is 0.876. The highest BCUT2D eigenvalue weighted by Gasteiger charge is 2.25. The van der Waals surface area contributed by atoms with Crippen LogP contribution in [0, 0.1) is 0 Å². The number of benzene rings is 1. The number of aromatic nitrogens is 2. The molecule has 1 aliphatic heterocycles. The first-order valence-corrected chi connectivity index (χ1v) is 8.84. The van der Waals surface area contributed by atoms with Gasteiger partial charge < -0.3 is 14.7 Å². The van der Waals surface area contributed by atoms with Gasteiger partial charge in [0.25, 0.3) is 0 Å². The van der Waals surface area contributed by atoms with Crippen LogP contribution in [0.2, 0.25) is 5.02 Å². The van der Waals surface area contributed by atoms with Gasteiger partial charge in [0.05, 0.1) is 10.7 Å². The van der Waals surface area contributed by atoms with E-state index < -0.39 is 0 Å². The molecule has 1 amide bonds. The molecule has 0 bridgehead atoms. The maximum absolute atomic E-state index is 11.9. The van der Waals surface area contributed by atoms with Crippen LogP contribution in [0.25, 0.3) is 0 Å². The minimum atomic E-state index is -0.158. The van der Waals surface area contributed by atoms with Crippen molar-refractivity contribution in [2.45, 2.75) is 52.0 Å². The van der Waals surface area contributed by atoms with Crippen LogP contribution in [0.15, 0.2) is 22.7 Å². The van der Waals surface area contributed by atoms with Crippen LogP contribution in [0.4, 0.5) is 11.4 Å². The molecule has 1 unspecified atom stereocenters. The third-order valence-corrected chi connectivity index (χ3v) is 4.48. The summed E-state index contributed by atoms with van der Waals surface area (Å²) in [5.41, 5.74) is 1.44. The normalized spacial score (nSPS) is 16.4. The lowest BCUT2D eigenvalue weighted by molar-refractivity contribution is -0.117. The molecule has 0 radical (unpaired) electrons. The van der Waals surface area contributed by atoms with Crippen LogP contribution in [0.1, 0.15) is 58.3 Å². The predicted octanol–water partition coefficient (Wildman–Crippen LogP) is 4.32. The van der Waals surface area contributed by atoms with Crippen molar-refractivity contribution in [2.75, 3.05) is 16.8 Å². The van der Waals surface area contributed by atoms with Gasteiger partial charge in [0, 0.05) is 24.1 Å². The average Bonchev–Trinajstić information content (AvgIpc) is 3.16. The van der Waals surface area contributed by atoms with Gasteiger partial charge in [-0.05, 0) is 31.5 Å². The lowest BCUT2D eigenvalue weighted by Crippen LogP contribution is -2.24. The number of hydrogen-bond donors (Lipinski definition) is 1. The SMILES string of the molecule is CC(Nc1ccc(N2CCCC2=O)c(Cl)c1)c1nc(C(C)(C)C)no1. The van der Waals surface area contributed by atoms with Crippen molar-refractivity contribution in [3.8, 4) is 0 Å². The highest BCUT2D eigenvalue weighted by Crippen LogP contribution is 2.32. The molecular weight excluding hydrogens is 340 g/mol. The van der Waals surface area contributed by atoms with Crippen LogP contribution in [0.5, 0.6) is 0 Å². The van der Waals surface area contributed by atoms with Crippen LogP contribution < -0.4 is 10.2 Å².